The second kappa shape index (κ2) is 5.31. The molecule has 1 aromatic rings. The van der Waals surface area contributed by atoms with Gasteiger partial charge in [-0.15, -0.1) is 0 Å². The first-order valence-electron chi connectivity index (χ1n) is 7.13. The monoisotopic (exact) mass is 325 g/mol. The zero-order chi connectivity index (χ0) is 15.9. The Hall–Kier alpha value is -2.02. The maximum Gasteiger partial charge on any atom is 0.319 e. The van der Waals surface area contributed by atoms with E-state index in [-0.39, 0.29) is 22.5 Å². The van der Waals surface area contributed by atoms with Crippen LogP contribution in [0, 0.1) is 10.1 Å². The summed E-state index contributed by atoms with van der Waals surface area (Å²) in [7, 11) is 1.39. The molecule has 1 saturated carbocycles. The molecule has 1 fully saturated rings. The summed E-state index contributed by atoms with van der Waals surface area (Å²) in [5.74, 6) is 0.166. The van der Waals surface area contributed by atoms with E-state index in [2.05, 4.69) is 10.6 Å². The van der Waals surface area contributed by atoms with Gasteiger partial charge in [-0.1, -0.05) is 30.9 Å². The Labute approximate surface area is 132 Å². The topological polar surface area (TPSA) is 93.5 Å². The molecule has 22 heavy (non-hydrogen) atoms. The molecule has 0 saturated heterocycles. The van der Waals surface area contributed by atoms with Gasteiger partial charge in [0.15, 0.2) is 0 Å². The molecule has 1 aliphatic heterocycles. The average molecular weight is 326 g/mol. The number of fused-ring (bicyclic) bond motifs is 2. The number of methoxy groups -OCH3 is 1. The van der Waals surface area contributed by atoms with E-state index in [1.807, 2.05) is 0 Å². The minimum atomic E-state index is -0.656. The van der Waals surface area contributed by atoms with Gasteiger partial charge in [0.1, 0.15) is 0 Å². The number of hydrogen-bond donors (Lipinski definition) is 2. The first-order valence-corrected chi connectivity index (χ1v) is 7.51. The van der Waals surface area contributed by atoms with E-state index in [9.17, 15) is 14.9 Å². The third-order valence-electron chi connectivity index (χ3n) is 4.39. The molecular formula is C14H16ClN3O4. The molecule has 1 heterocycles. The number of nitrogens with zero attached hydrogens (tertiary/aromatic N) is 1. The first-order chi connectivity index (χ1) is 10.5. The fourth-order valence-electron chi connectivity index (χ4n) is 3.49. The highest BCUT2D eigenvalue weighted by atomic mass is 35.5. The highest BCUT2D eigenvalue weighted by Crippen LogP contribution is 2.52. The SMILES string of the molecule is COc1c([N+](=O)[O-])cc(Cl)c2c1C1(CCCCC1)NC(=O)N2. The van der Waals surface area contributed by atoms with Crippen molar-refractivity contribution in [2.45, 2.75) is 37.6 Å². The van der Waals surface area contributed by atoms with Gasteiger partial charge in [0.2, 0.25) is 5.75 Å². The average Bonchev–Trinajstić information content (AvgIpc) is 2.48. The van der Waals surface area contributed by atoms with Crippen molar-refractivity contribution in [3.8, 4) is 5.75 Å². The van der Waals surface area contributed by atoms with Crippen molar-refractivity contribution >= 4 is 29.0 Å². The van der Waals surface area contributed by atoms with Crippen LogP contribution in [0.5, 0.6) is 5.75 Å². The normalized spacial score (nSPS) is 19.1. The summed E-state index contributed by atoms with van der Waals surface area (Å²) >= 11 is 6.19. The molecule has 3 rings (SSSR count). The van der Waals surface area contributed by atoms with Crippen molar-refractivity contribution in [3.05, 3.63) is 26.8 Å². The molecule has 8 heteroatoms. The number of hydrogen-bond acceptors (Lipinski definition) is 4. The lowest BCUT2D eigenvalue weighted by molar-refractivity contribution is -0.385. The maximum atomic E-state index is 12.0. The van der Waals surface area contributed by atoms with Crippen molar-refractivity contribution in [1.29, 1.82) is 0 Å². The molecular weight excluding hydrogens is 310 g/mol. The molecule has 118 valence electrons. The Morgan fingerprint density at radius 1 is 1.36 bits per heavy atom. The van der Waals surface area contributed by atoms with Crippen molar-refractivity contribution < 1.29 is 14.5 Å². The van der Waals surface area contributed by atoms with Crippen molar-refractivity contribution in [3.63, 3.8) is 0 Å². The van der Waals surface area contributed by atoms with Crippen LogP contribution < -0.4 is 15.4 Å². The van der Waals surface area contributed by atoms with Gasteiger partial charge in [0, 0.05) is 6.07 Å². The number of halogens is 1. The summed E-state index contributed by atoms with van der Waals surface area (Å²) < 4.78 is 5.33. The van der Waals surface area contributed by atoms with E-state index < -0.39 is 10.5 Å². The van der Waals surface area contributed by atoms with Crippen LogP contribution >= 0.6 is 11.6 Å². The zero-order valence-corrected chi connectivity index (χ0v) is 12.8. The molecule has 1 aliphatic carbocycles. The van der Waals surface area contributed by atoms with E-state index in [4.69, 9.17) is 16.3 Å². The number of benzene rings is 1. The first kappa shape index (κ1) is 14.9. The molecule has 0 aromatic heterocycles. The van der Waals surface area contributed by atoms with E-state index in [0.29, 0.717) is 24.1 Å². The summed E-state index contributed by atoms with van der Waals surface area (Å²) in [5.41, 5.74) is 0.161. The quantitative estimate of drug-likeness (QED) is 0.642. The number of ether oxygens (including phenoxy) is 1. The lowest BCUT2D eigenvalue weighted by Crippen LogP contribution is -2.52. The van der Waals surface area contributed by atoms with E-state index >= 15 is 0 Å². The van der Waals surface area contributed by atoms with Gasteiger partial charge < -0.3 is 15.4 Å². The smallest absolute Gasteiger partial charge is 0.319 e. The molecule has 1 spiro atoms. The molecule has 2 amide bonds. The molecule has 7 nitrogen and oxygen atoms in total. The molecule has 0 atom stereocenters. The predicted molar refractivity (Wildman–Crippen MR) is 81.6 cm³/mol. The van der Waals surface area contributed by atoms with Crippen LogP contribution in [0.15, 0.2) is 6.07 Å². The van der Waals surface area contributed by atoms with Crippen LogP contribution in [-0.2, 0) is 5.54 Å². The van der Waals surface area contributed by atoms with Crippen molar-refractivity contribution in [2.24, 2.45) is 0 Å². The maximum absolute atomic E-state index is 12.0. The van der Waals surface area contributed by atoms with Crippen molar-refractivity contribution in [1.82, 2.24) is 5.32 Å². The predicted octanol–water partition coefficient (Wildman–Crippen LogP) is 3.55. The van der Waals surface area contributed by atoms with Gasteiger partial charge in [-0.05, 0) is 12.8 Å². The summed E-state index contributed by atoms with van der Waals surface area (Å²) in [6.45, 7) is 0. The van der Waals surface area contributed by atoms with E-state index in [1.165, 1.54) is 13.2 Å². The van der Waals surface area contributed by atoms with Crippen molar-refractivity contribution in [2.75, 3.05) is 12.4 Å². The molecule has 0 bridgehead atoms. The second-order valence-electron chi connectivity index (χ2n) is 5.64. The Bertz CT molecular complexity index is 656. The van der Waals surface area contributed by atoms with Gasteiger partial charge in [-0.25, -0.2) is 4.79 Å². The molecule has 0 unspecified atom stereocenters. The third-order valence-corrected chi connectivity index (χ3v) is 4.69. The van der Waals surface area contributed by atoms with Crippen LogP contribution in [-0.4, -0.2) is 18.1 Å². The number of nitro groups is 1. The van der Waals surface area contributed by atoms with Crippen LogP contribution in [0.1, 0.15) is 37.7 Å². The lowest BCUT2D eigenvalue weighted by atomic mass is 9.74. The minimum absolute atomic E-state index is 0.155. The highest BCUT2D eigenvalue weighted by molar-refractivity contribution is 6.34. The van der Waals surface area contributed by atoms with E-state index in [0.717, 1.165) is 19.3 Å². The second-order valence-corrected chi connectivity index (χ2v) is 6.05. The summed E-state index contributed by atoms with van der Waals surface area (Å²) in [4.78, 5) is 22.8. The zero-order valence-electron chi connectivity index (χ0n) is 12.1. The van der Waals surface area contributed by atoms with Crippen LogP contribution in [0.25, 0.3) is 0 Å². The minimum Gasteiger partial charge on any atom is -0.490 e. The van der Waals surface area contributed by atoms with Gasteiger partial charge in [0.05, 0.1) is 33.8 Å². The molecule has 2 aliphatic rings. The van der Waals surface area contributed by atoms with Gasteiger partial charge in [-0.2, -0.15) is 0 Å². The fourth-order valence-corrected chi connectivity index (χ4v) is 3.74. The summed E-state index contributed by atoms with van der Waals surface area (Å²) in [5, 5.41) is 17.1. The van der Waals surface area contributed by atoms with Crippen LogP contribution in [0.2, 0.25) is 5.02 Å². The van der Waals surface area contributed by atoms with Gasteiger partial charge in [-0.3, -0.25) is 10.1 Å². The molecule has 2 N–H and O–H groups in total. The fraction of sp³-hybridized carbons (Fsp3) is 0.500. The Balaban J connectivity index is 2.30. The van der Waals surface area contributed by atoms with E-state index in [1.54, 1.807) is 0 Å². The third kappa shape index (κ3) is 2.16. The Morgan fingerprint density at radius 3 is 2.64 bits per heavy atom. The number of amides is 2. The summed E-state index contributed by atoms with van der Waals surface area (Å²) in [6.07, 6.45) is 4.36. The number of carbonyl (C=O) groups excluding carboxylic acids is 1. The standard InChI is InChI=1S/C14H16ClN3O4/c1-22-12-9(18(20)21)7-8(15)11-10(12)14(17-13(19)16-11)5-3-2-4-6-14/h7H,2-6H2,1H3,(H2,16,17,19). The summed E-state index contributed by atoms with van der Waals surface area (Å²) in [6, 6.07) is 0.883. The largest absolute Gasteiger partial charge is 0.490 e. The number of urea groups is 1. The Morgan fingerprint density at radius 2 is 2.05 bits per heavy atom. The van der Waals surface area contributed by atoms with Crippen LogP contribution in [0.3, 0.4) is 0 Å². The lowest BCUT2D eigenvalue weighted by Gasteiger charge is -2.43. The Kier molecular flexibility index (Phi) is 3.60. The van der Waals surface area contributed by atoms with Gasteiger partial charge >= 0.3 is 11.7 Å². The number of carbonyl (C=O) groups is 1. The number of nitro benzene ring substituents is 1. The highest BCUT2D eigenvalue weighted by Gasteiger charge is 2.45. The van der Waals surface area contributed by atoms with Crippen LogP contribution in [0.4, 0.5) is 16.2 Å². The number of nitrogens with one attached hydrogen (secondary N) is 2. The number of anilines is 1. The molecule has 1 aromatic carbocycles. The van der Waals surface area contributed by atoms with Gasteiger partial charge in [0.25, 0.3) is 0 Å². The molecule has 0 radical (unpaired) electrons. The number of rotatable bonds is 2.